The number of quaternary nitrogens is 1. The van der Waals surface area contributed by atoms with Crippen LogP contribution in [0.1, 0.15) is 105 Å². The van der Waals surface area contributed by atoms with E-state index in [1.54, 1.807) is 0 Å². The molecule has 0 amide bonds. The zero-order valence-corrected chi connectivity index (χ0v) is 17.5. The molecule has 0 aliphatic rings. The molecule has 0 aromatic rings. The van der Waals surface area contributed by atoms with E-state index in [4.69, 9.17) is 15.0 Å². The van der Waals surface area contributed by atoms with E-state index in [1.165, 1.54) is 108 Å². The summed E-state index contributed by atoms with van der Waals surface area (Å²) in [7, 11) is 0. The Kier molecular flexibility index (Phi) is 20.7. The van der Waals surface area contributed by atoms with E-state index in [1.807, 2.05) is 0 Å². The molecule has 0 fully saturated rings. The van der Waals surface area contributed by atoms with Gasteiger partial charge in [0.2, 0.25) is 6.16 Å². The van der Waals surface area contributed by atoms with Gasteiger partial charge in [-0.2, -0.15) is 0 Å². The molecule has 0 aliphatic heterocycles. The Hall–Kier alpha value is -0.770. The number of nitrogens with zero attached hydrogens (tertiary/aromatic N) is 1. The molecule has 4 nitrogen and oxygen atoms in total. The topological polar surface area (TPSA) is 60.4 Å². The SMILES string of the molecule is CCCCC[N+](CCCCC)(CCCCC)CCCCC.O=C([O-])O. The maximum atomic E-state index is 8.44. The van der Waals surface area contributed by atoms with Crippen molar-refractivity contribution in [2.75, 3.05) is 26.2 Å². The first-order valence-corrected chi connectivity index (χ1v) is 10.7. The second kappa shape index (κ2) is 19.6. The number of carbonyl (C=O) groups is 1. The highest BCUT2D eigenvalue weighted by atomic mass is 16.6. The van der Waals surface area contributed by atoms with Crippen molar-refractivity contribution < 1.29 is 19.5 Å². The second-order valence-corrected chi connectivity index (χ2v) is 7.33. The zero-order chi connectivity index (χ0) is 19.4. The van der Waals surface area contributed by atoms with E-state index in [9.17, 15) is 0 Å². The van der Waals surface area contributed by atoms with Crippen LogP contribution >= 0.6 is 0 Å². The fraction of sp³-hybridized carbons (Fsp3) is 0.952. The fourth-order valence-corrected chi connectivity index (χ4v) is 3.46. The monoisotopic (exact) mass is 359 g/mol. The van der Waals surface area contributed by atoms with E-state index in [0.717, 1.165) is 0 Å². The predicted molar refractivity (Wildman–Crippen MR) is 106 cm³/mol. The molecule has 0 atom stereocenters. The first-order valence-electron chi connectivity index (χ1n) is 10.7. The van der Waals surface area contributed by atoms with Crippen LogP contribution in [-0.4, -0.2) is 41.9 Å². The molecule has 0 spiro atoms. The summed E-state index contributed by atoms with van der Waals surface area (Å²) in [5, 5.41) is 15.3. The van der Waals surface area contributed by atoms with Crippen molar-refractivity contribution in [3.8, 4) is 0 Å². The van der Waals surface area contributed by atoms with Crippen LogP contribution in [-0.2, 0) is 0 Å². The van der Waals surface area contributed by atoms with E-state index in [0.29, 0.717) is 0 Å². The smallest absolute Gasteiger partial charge is 0.249 e. The molecule has 25 heavy (non-hydrogen) atoms. The summed E-state index contributed by atoms with van der Waals surface area (Å²) in [6.07, 6.45) is 14.8. The van der Waals surface area contributed by atoms with E-state index >= 15 is 0 Å². The summed E-state index contributed by atoms with van der Waals surface area (Å²) in [5.41, 5.74) is 0. The quantitative estimate of drug-likeness (QED) is 0.294. The molecule has 0 unspecified atom stereocenters. The van der Waals surface area contributed by atoms with E-state index < -0.39 is 6.16 Å². The maximum absolute atomic E-state index is 8.44. The van der Waals surface area contributed by atoms with Crippen LogP contribution in [0.2, 0.25) is 0 Å². The summed E-state index contributed by atoms with van der Waals surface area (Å²) in [4.78, 5) is 8.44. The van der Waals surface area contributed by atoms with Gasteiger partial charge in [-0.1, -0.05) is 53.4 Å². The van der Waals surface area contributed by atoms with Gasteiger partial charge in [0.15, 0.2) is 0 Å². The summed E-state index contributed by atoms with van der Waals surface area (Å²) in [6.45, 7) is 15.1. The number of hydrogen-bond acceptors (Lipinski definition) is 2. The van der Waals surface area contributed by atoms with Crippen LogP contribution in [0.4, 0.5) is 4.79 Å². The van der Waals surface area contributed by atoms with E-state index in [-0.39, 0.29) is 0 Å². The molecule has 0 aromatic heterocycles. The summed E-state index contributed by atoms with van der Waals surface area (Å²) >= 11 is 0. The van der Waals surface area contributed by atoms with Crippen LogP contribution in [0.25, 0.3) is 0 Å². The standard InChI is InChI=1S/C20H44N.CH2O3/c1-5-9-13-17-21(18-14-10-6-2,19-15-11-7-3)20-16-12-8-4;2-1(3)4/h5-20H2,1-4H3;(H2,2,3,4)/q+1;/p-1. The molecular formula is C21H45NO3. The van der Waals surface area contributed by atoms with Gasteiger partial charge in [-0.15, -0.1) is 0 Å². The first-order chi connectivity index (χ1) is 12.0. The van der Waals surface area contributed by atoms with Gasteiger partial charge in [0.05, 0.1) is 26.2 Å². The minimum Gasteiger partial charge on any atom is -0.565 e. The Morgan fingerprint density at radius 2 is 0.840 bits per heavy atom. The molecule has 4 heteroatoms. The van der Waals surface area contributed by atoms with Crippen LogP contribution in [0, 0.1) is 0 Å². The third kappa shape index (κ3) is 19.4. The lowest BCUT2D eigenvalue weighted by molar-refractivity contribution is -0.929. The van der Waals surface area contributed by atoms with Crippen LogP contribution < -0.4 is 5.11 Å². The molecule has 0 radical (unpaired) electrons. The summed E-state index contributed by atoms with van der Waals surface area (Å²) < 4.78 is 1.44. The molecule has 0 rings (SSSR count). The molecule has 0 aliphatic carbocycles. The molecule has 0 saturated carbocycles. The third-order valence-electron chi connectivity index (χ3n) is 4.94. The van der Waals surface area contributed by atoms with Crippen molar-refractivity contribution in [3.05, 3.63) is 0 Å². The predicted octanol–water partition coefficient (Wildman–Crippen LogP) is 5.45. The zero-order valence-electron chi connectivity index (χ0n) is 17.5. The lowest BCUT2D eigenvalue weighted by Crippen LogP contribution is -2.50. The van der Waals surface area contributed by atoms with Crippen molar-refractivity contribution in [1.29, 1.82) is 0 Å². The Balaban J connectivity index is 0. The molecule has 1 N–H and O–H groups in total. The Morgan fingerprint density at radius 1 is 0.640 bits per heavy atom. The highest BCUT2D eigenvalue weighted by Crippen LogP contribution is 2.18. The van der Waals surface area contributed by atoms with Crippen LogP contribution in [0.3, 0.4) is 0 Å². The van der Waals surface area contributed by atoms with Crippen LogP contribution in [0.5, 0.6) is 0 Å². The molecule has 0 heterocycles. The first kappa shape index (κ1) is 26.5. The molecular weight excluding hydrogens is 314 g/mol. The van der Waals surface area contributed by atoms with Crippen molar-refractivity contribution >= 4 is 6.16 Å². The van der Waals surface area contributed by atoms with Crippen molar-refractivity contribution in [2.45, 2.75) is 105 Å². The molecule has 0 saturated heterocycles. The highest BCUT2D eigenvalue weighted by Gasteiger charge is 2.25. The number of carboxylic acid groups (broad SMARTS) is 2. The van der Waals surface area contributed by atoms with Gasteiger partial charge in [0.25, 0.3) is 0 Å². The minimum absolute atomic E-state index is 1.36. The van der Waals surface area contributed by atoms with Crippen molar-refractivity contribution in [1.82, 2.24) is 0 Å². The number of unbranched alkanes of at least 4 members (excludes halogenated alkanes) is 8. The van der Waals surface area contributed by atoms with Gasteiger partial charge < -0.3 is 19.5 Å². The Morgan fingerprint density at radius 3 is 1.00 bits per heavy atom. The van der Waals surface area contributed by atoms with Gasteiger partial charge in [-0.25, -0.2) is 0 Å². The van der Waals surface area contributed by atoms with Gasteiger partial charge in [-0.3, -0.25) is 0 Å². The average molecular weight is 360 g/mol. The minimum atomic E-state index is -2.08. The normalized spacial score (nSPS) is 11.0. The second-order valence-electron chi connectivity index (χ2n) is 7.33. The van der Waals surface area contributed by atoms with Gasteiger partial charge in [-0.05, 0) is 51.4 Å². The molecule has 152 valence electrons. The van der Waals surface area contributed by atoms with Gasteiger partial charge in [0, 0.05) is 0 Å². The Bertz CT molecular complexity index is 233. The average Bonchev–Trinajstić information content (AvgIpc) is 2.55. The Labute approximate surface area is 157 Å². The van der Waals surface area contributed by atoms with Gasteiger partial charge >= 0.3 is 0 Å². The van der Waals surface area contributed by atoms with Gasteiger partial charge in [0.1, 0.15) is 0 Å². The van der Waals surface area contributed by atoms with Crippen molar-refractivity contribution in [3.63, 3.8) is 0 Å². The largest absolute Gasteiger partial charge is 0.565 e. The maximum Gasteiger partial charge on any atom is 0.249 e. The fourth-order valence-electron chi connectivity index (χ4n) is 3.46. The third-order valence-corrected chi connectivity index (χ3v) is 4.94. The summed E-state index contributed by atoms with van der Waals surface area (Å²) in [5.74, 6) is 0. The molecule has 0 aromatic carbocycles. The van der Waals surface area contributed by atoms with Crippen molar-refractivity contribution in [2.24, 2.45) is 0 Å². The van der Waals surface area contributed by atoms with E-state index in [2.05, 4.69) is 27.7 Å². The molecule has 0 bridgehead atoms. The lowest BCUT2D eigenvalue weighted by Gasteiger charge is -2.39. The summed E-state index contributed by atoms with van der Waals surface area (Å²) in [6, 6.07) is 0. The number of rotatable bonds is 16. The highest BCUT2D eigenvalue weighted by molar-refractivity contribution is 5.50. The van der Waals surface area contributed by atoms with Crippen LogP contribution in [0.15, 0.2) is 0 Å². The lowest BCUT2D eigenvalue weighted by atomic mass is 10.1. The number of hydrogen-bond donors (Lipinski definition) is 1.